The predicted molar refractivity (Wildman–Crippen MR) is 104 cm³/mol. The molecule has 5 nitrogen and oxygen atoms in total. The van der Waals surface area contributed by atoms with E-state index in [1.54, 1.807) is 18.0 Å². The zero-order valence-corrected chi connectivity index (χ0v) is 15.6. The molecule has 3 aliphatic rings. The highest BCUT2D eigenvalue weighted by molar-refractivity contribution is 8.14. The summed E-state index contributed by atoms with van der Waals surface area (Å²) >= 11 is 7.73. The molecule has 0 amide bonds. The third-order valence-corrected chi connectivity index (χ3v) is 6.60. The molecule has 0 radical (unpaired) electrons. The Kier molecular flexibility index (Phi) is 3.88. The van der Waals surface area contributed by atoms with Gasteiger partial charge < -0.3 is 15.2 Å². The van der Waals surface area contributed by atoms with E-state index in [0.29, 0.717) is 16.8 Å². The molecule has 1 spiro atoms. The van der Waals surface area contributed by atoms with Crippen molar-refractivity contribution in [3.8, 4) is 16.9 Å². The summed E-state index contributed by atoms with van der Waals surface area (Å²) in [5.41, 5.74) is 8.79. The second-order valence-corrected chi connectivity index (χ2v) is 8.32. The van der Waals surface area contributed by atoms with E-state index >= 15 is 0 Å². The minimum atomic E-state index is -0.393. The smallest absolute Gasteiger partial charge is 0.154 e. The Labute approximate surface area is 160 Å². The van der Waals surface area contributed by atoms with Crippen molar-refractivity contribution < 1.29 is 9.47 Å². The second-order valence-electron chi connectivity index (χ2n) is 6.89. The van der Waals surface area contributed by atoms with Crippen LogP contribution in [0.2, 0.25) is 5.02 Å². The zero-order valence-electron chi connectivity index (χ0n) is 14.0. The number of fused-ring (bicyclic) bond motifs is 4. The van der Waals surface area contributed by atoms with Gasteiger partial charge in [-0.2, -0.15) is 0 Å². The molecule has 4 heterocycles. The van der Waals surface area contributed by atoms with Crippen LogP contribution in [-0.4, -0.2) is 35.2 Å². The molecule has 0 saturated carbocycles. The quantitative estimate of drug-likeness (QED) is 0.811. The third kappa shape index (κ3) is 2.51. The number of aliphatic imine (C=N–C) groups is 1. The summed E-state index contributed by atoms with van der Waals surface area (Å²) in [6.45, 7) is 1.37. The van der Waals surface area contributed by atoms with E-state index in [-0.39, 0.29) is 12.0 Å². The first-order chi connectivity index (χ1) is 12.7. The SMILES string of the molecule is NC1=NC2(CS1)c1cc(-c3cncc(Cl)c3)ccc1OC1CCOCC12. The van der Waals surface area contributed by atoms with Gasteiger partial charge in [-0.15, -0.1) is 0 Å². The number of ether oxygens (including phenoxy) is 2. The lowest BCUT2D eigenvalue weighted by molar-refractivity contribution is -0.0628. The summed E-state index contributed by atoms with van der Waals surface area (Å²) in [7, 11) is 0. The number of rotatable bonds is 1. The number of pyridine rings is 1. The van der Waals surface area contributed by atoms with Crippen molar-refractivity contribution in [2.75, 3.05) is 19.0 Å². The van der Waals surface area contributed by atoms with Crippen molar-refractivity contribution in [1.29, 1.82) is 0 Å². The van der Waals surface area contributed by atoms with Gasteiger partial charge in [-0.25, -0.2) is 4.99 Å². The van der Waals surface area contributed by atoms with E-state index in [4.69, 9.17) is 31.8 Å². The molecule has 1 saturated heterocycles. The van der Waals surface area contributed by atoms with Gasteiger partial charge >= 0.3 is 0 Å². The van der Waals surface area contributed by atoms with Gasteiger partial charge in [0.2, 0.25) is 0 Å². The maximum Gasteiger partial charge on any atom is 0.154 e. The maximum absolute atomic E-state index is 6.33. The number of halogens is 1. The Balaban J connectivity index is 1.67. The van der Waals surface area contributed by atoms with Crippen molar-refractivity contribution in [3.05, 3.63) is 47.2 Å². The first-order valence-electron chi connectivity index (χ1n) is 8.64. The van der Waals surface area contributed by atoms with Crippen molar-refractivity contribution in [2.45, 2.75) is 18.1 Å². The molecular weight excluding hydrogens is 370 g/mol. The first-order valence-corrected chi connectivity index (χ1v) is 10.00. The van der Waals surface area contributed by atoms with Crippen LogP contribution >= 0.6 is 23.4 Å². The second kappa shape index (κ2) is 6.15. The van der Waals surface area contributed by atoms with Crippen molar-refractivity contribution in [1.82, 2.24) is 4.98 Å². The van der Waals surface area contributed by atoms with Crippen molar-refractivity contribution >= 4 is 28.5 Å². The Morgan fingerprint density at radius 1 is 1.23 bits per heavy atom. The fourth-order valence-electron chi connectivity index (χ4n) is 4.16. The largest absolute Gasteiger partial charge is 0.489 e. The minimum Gasteiger partial charge on any atom is -0.489 e. The molecule has 2 N–H and O–H groups in total. The van der Waals surface area contributed by atoms with Crippen molar-refractivity contribution in [2.24, 2.45) is 16.6 Å². The van der Waals surface area contributed by atoms with Crippen LogP contribution in [0.15, 0.2) is 41.7 Å². The molecule has 3 atom stereocenters. The van der Waals surface area contributed by atoms with E-state index in [1.165, 1.54) is 0 Å². The normalized spacial score (nSPS) is 29.7. The van der Waals surface area contributed by atoms with Crippen LogP contribution in [-0.2, 0) is 10.3 Å². The number of amidine groups is 1. The monoisotopic (exact) mass is 387 g/mol. The third-order valence-electron chi connectivity index (χ3n) is 5.42. The van der Waals surface area contributed by atoms with Gasteiger partial charge in [0.05, 0.1) is 18.2 Å². The molecular formula is C19H18ClN3O2S. The van der Waals surface area contributed by atoms with Crippen LogP contribution < -0.4 is 10.5 Å². The standard InChI is InChI=1S/C19H18ClN3O2S/c20-13-5-12(7-22-8-13)11-1-2-16-14(6-11)19(10-26-18(21)23-19)15-9-24-4-3-17(15)25-16/h1-2,5-8,15,17H,3-4,9-10H2,(H2,21,23). The molecule has 7 heteroatoms. The van der Waals surface area contributed by atoms with Crippen LogP contribution in [0.5, 0.6) is 5.75 Å². The van der Waals surface area contributed by atoms with Crippen LogP contribution in [0.25, 0.3) is 11.1 Å². The topological polar surface area (TPSA) is 69.7 Å². The summed E-state index contributed by atoms with van der Waals surface area (Å²) in [6.07, 6.45) is 4.45. The highest BCUT2D eigenvalue weighted by Gasteiger charge is 2.53. The van der Waals surface area contributed by atoms with Gasteiger partial charge in [-0.3, -0.25) is 4.98 Å². The van der Waals surface area contributed by atoms with Crippen LogP contribution in [0, 0.1) is 5.92 Å². The lowest BCUT2D eigenvalue weighted by atomic mass is 9.73. The van der Waals surface area contributed by atoms with Crippen LogP contribution in [0.3, 0.4) is 0 Å². The average molecular weight is 388 g/mol. The van der Waals surface area contributed by atoms with Gasteiger partial charge in [0, 0.05) is 41.6 Å². The zero-order chi connectivity index (χ0) is 17.7. The fraction of sp³-hybridized carbons (Fsp3) is 0.368. The number of thioether (sulfide) groups is 1. The molecule has 1 aromatic heterocycles. The number of benzene rings is 1. The highest BCUT2D eigenvalue weighted by atomic mass is 35.5. The molecule has 1 fully saturated rings. The van der Waals surface area contributed by atoms with Crippen LogP contribution in [0.1, 0.15) is 12.0 Å². The van der Waals surface area contributed by atoms with Crippen molar-refractivity contribution in [3.63, 3.8) is 0 Å². The molecule has 2 aromatic rings. The van der Waals surface area contributed by atoms with Crippen LogP contribution in [0.4, 0.5) is 0 Å². The molecule has 134 valence electrons. The first kappa shape index (κ1) is 16.4. The van der Waals surface area contributed by atoms with E-state index in [1.807, 2.05) is 18.3 Å². The molecule has 26 heavy (non-hydrogen) atoms. The molecule has 5 rings (SSSR count). The average Bonchev–Trinajstić information content (AvgIpc) is 3.04. The summed E-state index contributed by atoms with van der Waals surface area (Å²) in [5, 5.41) is 1.25. The van der Waals surface area contributed by atoms with Gasteiger partial charge in [-0.05, 0) is 23.8 Å². The van der Waals surface area contributed by atoms with E-state index in [2.05, 4.69) is 17.1 Å². The van der Waals surface area contributed by atoms with Gasteiger partial charge in [0.1, 0.15) is 17.4 Å². The lowest BCUT2D eigenvalue weighted by Crippen LogP contribution is -2.52. The highest BCUT2D eigenvalue weighted by Crippen LogP contribution is 2.52. The number of nitrogens with two attached hydrogens (primary N) is 1. The number of hydrogen-bond acceptors (Lipinski definition) is 6. The lowest BCUT2D eigenvalue weighted by Gasteiger charge is -2.46. The Hall–Kier alpha value is -1.76. The van der Waals surface area contributed by atoms with E-state index < -0.39 is 5.54 Å². The fourth-order valence-corrected chi connectivity index (χ4v) is 5.36. The predicted octanol–water partition coefficient (Wildman–Crippen LogP) is 3.46. The summed E-state index contributed by atoms with van der Waals surface area (Å²) < 4.78 is 12.1. The number of aromatic nitrogens is 1. The molecule has 3 unspecified atom stereocenters. The van der Waals surface area contributed by atoms with Gasteiger partial charge in [0.25, 0.3) is 0 Å². The molecule has 1 aromatic carbocycles. The Morgan fingerprint density at radius 3 is 2.96 bits per heavy atom. The van der Waals surface area contributed by atoms with E-state index in [9.17, 15) is 0 Å². The Bertz CT molecular complexity index is 906. The summed E-state index contributed by atoms with van der Waals surface area (Å²) in [6, 6.07) is 8.15. The molecule has 0 bridgehead atoms. The maximum atomic E-state index is 6.33. The minimum absolute atomic E-state index is 0.116. The number of nitrogens with zero attached hydrogens (tertiary/aromatic N) is 2. The number of hydrogen-bond donors (Lipinski definition) is 1. The molecule has 3 aliphatic heterocycles. The van der Waals surface area contributed by atoms with Gasteiger partial charge in [0.15, 0.2) is 5.17 Å². The summed E-state index contributed by atoms with van der Waals surface area (Å²) in [5.74, 6) is 1.88. The van der Waals surface area contributed by atoms with Gasteiger partial charge in [-0.1, -0.05) is 29.4 Å². The summed E-state index contributed by atoms with van der Waals surface area (Å²) in [4.78, 5) is 9.12. The Morgan fingerprint density at radius 2 is 2.15 bits per heavy atom. The molecule has 0 aliphatic carbocycles. The van der Waals surface area contributed by atoms with E-state index in [0.717, 1.165) is 41.2 Å².